The number of fused-ring (bicyclic) bond motifs is 1. The Morgan fingerprint density at radius 3 is 2.84 bits per heavy atom. The zero-order valence-corrected chi connectivity index (χ0v) is 14.9. The van der Waals surface area contributed by atoms with Crippen molar-refractivity contribution in [1.29, 1.82) is 0 Å². The van der Waals surface area contributed by atoms with Crippen LogP contribution < -0.4 is 5.32 Å². The van der Waals surface area contributed by atoms with Gasteiger partial charge in [0.1, 0.15) is 0 Å². The van der Waals surface area contributed by atoms with Crippen LogP contribution in [0.5, 0.6) is 0 Å². The number of aromatic nitrogens is 1. The number of hydrogen-bond donors (Lipinski definition) is 3. The number of methoxy groups -OCH3 is 1. The zero-order valence-electron chi connectivity index (χ0n) is 14.9. The molecule has 1 fully saturated rings. The molecular weight excluding hydrogens is 318 g/mol. The van der Waals surface area contributed by atoms with Gasteiger partial charge in [-0.05, 0) is 25.8 Å². The lowest BCUT2D eigenvalue weighted by Gasteiger charge is -2.33. The number of nitrogens with zero attached hydrogens (tertiary/aromatic N) is 1. The van der Waals surface area contributed by atoms with Crippen LogP contribution in [-0.2, 0) is 4.74 Å². The Balaban J connectivity index is 1.57. The van der Waals surface area contributed by atoms with Gasteiger partial charge in [0.05, 0.1) is 18.3 Å². The highest BCUT2D eigenvalue weighted by atomic mass is 16.5. The third-order valence-corrected chi connectivity index (χ3v) is 4.87. The summed E-state index contributed by atoms with van der Waals surface area (Å²) in [5.74, 6) is -0.00665. The fraction of sp³-hybridized carbons (Fsp3) is 0.526. The van der Waals surface area contributed by atoms with Gasteiger partial charge in [-0.2, -0.15) is 0 Å². The molecule has 25 heavy (non-hydrogen) atoms. The van der Waals surface area contributed by atoms with Gasteiger partial charge in [0, 0.05) is 49.4 Å². The first-order chi connectivity index (χ1) is 12.1. The van der Waals surface area contributed by atoms with E-state index in [-0.39, 0.29) is 11.9 Å². The lowest BCUT2D eigenvalue weighted by Crippen LogP contribution is -2.47. The van der Waals surface area contributed by atoms with Crippen molar-refractivity contribution < 1.29 is 14.6 Å². The summed E-state index contributed by atoms with van der Waals surface area (Å²) in [5.41, 5.74) is 2.64. The number of hydrogen-bond acceptors (Lipinski definition) is 4. The summed E-state index contributed by atoms with van der Waals surface area (Å²) >= 11 is 0. The number of rotatable bonds is 6. The quantitative estimate of drug-likeness (QED) is 0.744. The van der Waals surface area contributed by atoms with Crippen LogP contribution in [0.3, 0.4) is 0 Å². The molecule has 3 rings (SSSR count). The summed E-state index contributed by atoms with van der Waals surface area (Å²) in [6.45, 7) is 4.67. The van der Waals surface area contributed by atoms with Crippen molar-refractivity contribution >= 4 is 16.8 Å². The molecule has 1 saturated heterocycles. The number of H-pyrrole nitrogens is 1. The number of carbonyl (C=O) groups is 1. The number of amides is 1. The molecule has 0 radical (unpaired) electrons. The third kappa shape index (κ3) is 4.21. The first kappa shape index (κ1) is 17.9. The molecule has 1 aromatic heterocycles. The van der Waals surface area contributed by atoms with Crippen molar-refractivity contribution in [2.24, 2.45) is 0 Å². The van der Waals surface area contributed by atoms with Gasteiger partial charge in [-0.3, -0.25) is 4.79 Å². The summed E-state index contributed by atoms with van der Waals surface area (Å²) in [4.78, 5) is 18.3. The Kier molecular flexibility index (Phi) is 5.73. The van der Waals surface area contributed by atoms with Crippen LogP contribution in [0.15, 0.2) is 24.3 Å². The molecule has 1 aromatic carbocycles. The molecule has 1 aliphatic heterocycles. The first-order valence-corrected chi connectivity index (χ1v) is 8.86. The van der Waals surface area contributed by atoms with Gasteiger partial charge >= 0.3 is 0 Å². The minimum atomic E-state index is -0.454. The van der Waals surface area contributed by atoms with Gasteiger partial charge in [0.25, 0.3) is 5.91 Å². The number of likely N-dealkylation sites (tertiary alicyclic amines) is 1. The molecule has 0 bridgehead atoms. The number of aliphatic hydroxyl groups is 1. The summed E-state index contributed by atoms with van der Waals surface area (Å²) in [7, 11) is 1.59. The number of β-amino-alcohol motifs (C(OH)–C–C–N with tert-alkyl or cyclic N) is 1. The molecular formula is C19H27N3O3. The van der Waals surface area contributed by atoms with Crippen LogP contribution in [0.1, 0.15) is 28.9 Å². The van der Waals surface area contributed by atoms with Gasteiger partial charge in [-0.1, -0.05) is 18.2 Å². The molecule has 6 heteroatoms. The number of ether oxygens (including phenoxy) is 1. The maximum absolute atomic E-state index is 12.8. The monoisotopic (exact) mass is 345 g/mol. The van der Waals surface area contributed by atoms with Crippen LogP contribution in [0, 0.1) is 6.92 Å². The fourth-order valence-corrected chi connectivity index (χ4v) is 3.63. The van der Waals surface area contributed by atoms with Crippen LogP contribution in [0.4, 0.5) is 0 Å². The predicted molar refractivity (Wildman–Crippen MR) is 97.8 cm³/mol. The highest BCUT2D eigenvalue weighted by molar-refractivity contribution is 6.08. The van der Waals surface area contributed by atoms with Crippen LogP contribution in [0.2, 0.25) is 0 Å². The highest BCUT2D eigenvalue weighted by Crippen LogP contribution is 2.22. The number of para-hydroxylation sites is 1. The topological polar surface area (TPSA) is 77.6 Å². The van der Waals surface area contributed by atoms with E-state index in [9.17, 15) is 9.90 Å². The Hall–Kier alpha value is -1.89. The molecule has 1 aliphatic rings. The smallest absolute Gasteiger partial charge is 0.253 e. The van der Waals surface area contributed by atoms with Gasteiger partial charge < -0.3 is 25.0 Å². The maximum atomic E-state index is 12.8. The van der Waals surface area contributed by atoms with Crippen LogP contribution in [-0.4, -0.2) is 66.4 Å². The standard InChI is InChI=1S/C19H27N3O3/c1-13-18(16-5-3-4-6-17(16)20-13)19(24)21-14-7-9-22(10-8-14)11-15(23)12-25-2/h3-6,14-15,20,23H,7-12H2,1-2H3,(H,21,24). The second-order valence-electron chi connectivity index (χ2n) is 6.83. The second kappa shape index (κ2) is 7.99. The molecule has 0 saturated carbocycles. The number of benzene rings is 1. The zero-order chi connectivity index (χ0) is 17.8. The highest BCUT2D eigenvalue weighted by Gasteiger charge is 2.24. The second-order valence-corrected chi connectivity index (χ2v) is 6.83. The minimum absolute atomic E-state index is 0.00665. The van der Waals surface area contributed by atoms with E-state index in [1.54, 1.807) is 7.11 Å². The number of nitrogens with one attached hydrogen (secondary N) is 2. The van der Waals surface area contributed by atoms with E-state index in [0.29, 0.717) is 13.2 Å². The Morgan fingerprint density at radius 2 is 2.12 bits per heavy atom. The van der Waals surface area contributed by atoms with Crippen molar-refractivity contribution in [2.75, 3.05) is 33.4 Å². The lowest BCUT2D eigenvalue weighted by atomic mass is 10.0. The van der Waals surface area contributed by atoms with Crippen LogP contribution in [0.25, 0.3) is 10.9 Å². The van der Waals surface area contributed by atoms with Gasteiger partial charge in [-0.25, -0.2) is 0 Å². The predicted octanol–water partition coefficient (Wildman–Crippen LogP) is 1.68. The molecule has 3 N–H and O–H groups in total. The van der Waals surface area contributed by atoms with Gasteiger partial charge in [0.2, 0.25) is 0 Å². The molecule has 1 unspecified atom stereocenters. The van der Waals surface area contributed by atoms with E-state index < -0.39 is 6.10 Å². The molecule has 1 atom stereocenters. The molecule has 2 heterocycles. The molecule has 136 valence electrons. The van der Waals surface area contributed by atoms with E-state index in [2.05, 4.69) is 15.2 Å². The number of carbonyl (C=O) groups excluding carboxylic acids is 1. The van der Waals surface area contributed by atoms with E-state index in [4.69, 9.17) is 4.74 Å². The molecule has 0 spiro atoms. The summed E-state index contributed by atoms with van der Waals surface area (Å²) < 4.78 is 4.97. The van der Waals surface area contributed by atoms with Crippen molar-refractivity contribution in [1.82, 2.24) is 15.2 Å². The average molecular weight is 345 g/mol. The molecule has 6 nitrogen and oxygen atoms in total. The van der Waals surface area contributed by atoms with Gasteiger partial charge in [-0.15, -0.1) is 0 Å². The van der Waals surface area contributed by atoms with Crippen molar-refractivity contribution in [3.63, 3.8) is 0 Å². The van der Waals surface area contributed by atoms with Crippen LogP contribution >= 0.6 is 0 Å². The summed E-state index contributed by atoms with van der Waals surface area (Å²) in [6, 6.07) is 8.07. The number of aryl methyl sites for hydroxylation is 1. The molecule has 1 amide bonds. The number of piperidine rings is 1. The Bertz CT molecular complexity index is 720. The third-order valence-electron chi connectivity index (χ3n) is 4.87. The van der Waals surface area contributed by atoms with E-state index in [1.807, 2.05) is 31.2 Å². The molecule has 0 aliphatic carbocycles. The Labute approximate surface area is 148 Å². The van der Waals surface area contributed by atoms with Gasteiger partial charge in [0.15, 0.2) is 0 Å². The lowest BCUT2D eigenvalue weighted by molar-refractivity contribution is 0.0309. The summed E-state index contributed by atoms with van der Waals surface area (Å²) in [6.07, 6.45) is 1.34. The van der Waals surface area contributed by atoms with Crippen molar-refractivity contribution in [2.45, 2.75) is 31.9 Å². The van der Waals surface area contributed by atoms with Crippen molar-refractivity contribution in [3.05, 3.63) is 35.5 Å². The molecule has 2 aromatic rings. The van der Waals surface area contributed by atoms with E-state index in [1.165, 1.54) is 0 Å². The maximum Gasteiger partial charge on any atom is 0.253 e. The minimum Gasteiger partial charge on any atom is -0.389 e. The number of aromatic amines is 1. The number of aliphatic hydroxyl groups excluding tert-OH is 1. The SMILES string of the molecule is COCC(O)CN1CCC(NC(=O)c2c(C)[nH]c3ccccc23)CC1. The van der Waals surface area contributed by atoms with E-state index >= 15 is 0 Å². The normalized spacial score (nSPS) is 17.7. The largest absolute Gasteiger partial charge is 0.389 e. The first-order valence-electron chi connectivity index (χ1n) is 8.86. The van der Waals surface area contributed by atoms with E-state index in [0.717, 1.165) is 48.1 Å². The average Bonchev–Trinajstić information content (AvgIpc) is 2.92. The summed E-state index contributed by atoms with van der Waals surface area (Å²) in [5, 5.41) is 14.0. The Morgan fingerprint density at radius 1 is 1.40 bits per heavy atom. The fourth-order valence-electron chi connectivity index (χ4n) is 3.63. The van der Waals surface area contributed by atoms with Crippen molar-refractivity contribution in [3.8, 4) is 0 Å².